The third-order valence-electron chi connectivity index (χ3n) is 5.21. The van der Waals surface area contributed by atoms with Crippen LogP contribution in [0.15, 0.2) is 65.7 Å². The smallest absolute Gasteiger partial charge is 0.323 e. The minimum absolute atomic E-state index is 0.260. The van der Waals surface area contributed by atoms with Gasteiger partial charge >= 0.3 is 5.69 Å². The van der Waals surface area contributed by atoms with Gasteiger partial charge in [0.2, 0.25) is 0 Å². The number of aromatic amines is 2. The molecule has 0 saturated carbocycles. The summed E-state index contributed by atoms with van der Waals surface area (Å²) in [7, 11) is 0. The molecule has 0 saturated heterocycles. The molecule has 0 unspecified atom stereocenters. The predicted molar refractivity (Wildman–Crippen MR) is 131 cm³/mol. The Hall–Kier alpha value is -3.88. The number of H-pyrrole nitrogens is 2. The molecule has 33 heavy (non-hydrogen) atoms. The van der Waals surface area contributed by atoms with Gasteiger partial charge < -0.3 is 20.7 Å². The third kappa shape index (κ3) is 4.13. The van der Waals surface area contributed by atoms with Gasteiger partial charge in [0.05, 0.1) is 28.4 Å². The van der Waals surface area contributed by atoms with Crippen molar-refractivity contribution in [2.75, 3.05) is 0 Å². The molecule has 3 heterocycles. The largest absolute Gasteiger partial charge is 0.380 e. The summed E-state index contributed by atoms with van der Waals surface area (Å²) in [6.07, 6.45) is 6.28. The Morgan fingerprint density at radius 2 is 1.94 bits per heavy atom. The summed E-state index contributed by atoms with van der Waals surface area (Å²) in [5, 5.41) is 16.5. The number of allylic oxidation sites excluding steroid dienone is 1. The number of rotatable bonds is 6. The van der Waals surface area contributed by atoms with Gasteiger partial charge in [-0.1, -0.05) is 29.3 Å². The average molecular weight is 478 g/mol. The molecule has 4 N–H and O–H groups in total. The second-order valence-corrected chi connectivity index (χ2v) is 8.17. The van der Waals surface area contributed by atoms with Gasteiger partial charge in [0.15, 0.2) is 0 Å². The number of pyridine rings is 1. The molecular formula is C23H17Cl2N7O. The first-order valence-electron chi connectivity index (χ1n) is 9.97. The standard InChI is InChI=1S/C23H17Cl2N7O/c24-15-2-1-13(17(25)8-15)10-27-18(5-6-26)14-7-22-21(28-11-14)12-29-32(22)16-3-4-19-20(9-16)31-23(33)30-19/h1-9,11-12,26-27H,10H2,(H2,30,31,33)/b18-5-,26-6?. The Bertz CT molecular complexity index is 1600. The normalized spacial score (nSPS) is 11.9. The van der Waals surface area contributed by atoms with Crippen molar-refractivity contribution in [3.63, 3.8) is 0 Å². The summed E-state index contributed by atoms with van der Waals surface area (Å²) in [4.78, 5) is 21.6. The summed E-state index contributed by atoms with van der Waals surface area (Å²) in [5.74, 6) is 0. The fourth-order valence-electron chi connectivity index (χ4n) is 3.61. The molecule has 0 bridgehead atoms. The highest BCUT2D eigenvalue weighted by atomic mass is 35.5. The fourth-order valence-corrected chi connectivity index (χ4v) is 4.08. The first-order chi connectivity index (χ1) is 16.0. The Morgan fingerprint density at radius 1 is 1.09 bits per heavy atom. The predicted octanol–water partition coefficient (Wildman–Crippen LogP) is 4.68. The number of hydrogen-bond donors (Lipinski definition) is 4. The number of aromatic nitrogens is 5. The van der Waals surface area contributed by atoms with E-state index in [-0.39, 0.29) is 5.69 Å². The SMILES string of the molecule is N=C/C=C(\NCc1ccc(Cl)cc1Cl)c1cnc2cnn(-c3ccc4[nH]c(=O)[nH]c4c3)c2c1. The zero-order chi connectivity index (χ0) is 22.9. The number of fused-ring (bicyclic) bond motifs is 2. The minimum atomic E-state index is -0.260. The van der Waals surface area contributed by atoms with Crippen LogP contribution >= 0.6 is 23.2 Å². The summed E-state index contributed by atoms with van der Waals surface area (Å²) in [6, 6.07) is 12.8. The van der Waals surface area contributed by atoms with Gasteiger partial charge in [-0.15, -0.1) is 0 Å². The van der Waals surface area contributed by atoms with Crippen LogP contribution in [-0.4, -0.2) is 30.9 Å². The number of benzene rings is 2. The molecule has 0 atom stereocenters. The molecule has 0 aliphatic rings. The minimum Gasteiger partial charge on any atom is -0.380 e. The highest BCUT2D eigenvalue weighted by molar-refractivity contribution is 6.35. The molecule has 0 aliphatic heterocycles. The van der Waals surface area contributed by atoms with Crippen LogP contribution < -0.4 is 11.0 Å². The van der Waals surface area contributed by atoms with Gasteiger partial charge in [0.1, 0.15) is 5.52 Å². The number of imidazole rings is 1. The van der Waals surface area contributed by atoms with Crippen LogP contribution in [0.1, 0.15) is 11.1 Å². The molecule has 0 aliphatic carbocycles. The van der Waals surface area contributed by atoms with E-state index in [1.54, 1.807) is 35.3 Å². The number of nitrogens with one attached hydrogen (secondary N) is 4. The Kier molecular flexibility index (Phi) is 5.45. The molecule has 5 aromatic rings. The molecular weight excluding hydrogens is 461 g/mol. The summed E-state index contributed by atoms with van der Waals surface area (Å²) in [6.45, 7) is 0.449. The Morgan fingerprint density at radius 3 is 2.76 bits per heavy atom. The van der Waals surface area contributed by atoms with E-state index < -0.39 is 0 Å². The van der Waals surface area contributed by atoms with Crippen molar-refractivity contribution < 1.29 is 0 Å². The number of hydrogen-bond acceptors (Lipinski definition) is 5. The lowest BCUT2D eigenvalue weighted by Crippen LogP contribution is -2.13. The van der Waals surface area contributed by atoms with E-state index in [0.29, 0.717) is 27.8 Å². The summed E-state index contributed by atoms with van der Waals surface area (Å²) in [5.41, 5.74) is 5.82. The highest BCUT2D eigenvalue weighted by Gasteiger charge is 2.11. The zero-order valence-electron chi connectivity index (χ0n) is 17.1. The second-order valence-electron chi connectivity index (χ2n) is 7.33. The van der Waals surface area contributed by atoms with Crippen LogP contribution in [0.3, 0.4) is 0 Å². The maximum absolute atomic E-state index is 11.6. The van der Waals surface area contributed by atoms with E-state index in [0.717, 1.165) is 33.4 Å². The highest BCUT2D eigenvalue weighted by Crippen LogP contribution is 2.24. The van der Waals surface area contributed by atoms with Crippen LogP contribution in [0.4, 0.5) is 0 Å². The van der Waals surface area contributed by atoms with Gasteiger partial charge in [-0.2, -0.15) is 5.10 Å². The van der Waals surface area contributed by atoms with E-state index in [2.05, 4.69) is 25.4 Å². The summed E-state index contributed by atoms with van der Waals surface area (Å²) >= 11 is 12.3. The average Bonchev–Trinajstić information content (AvgIpc) is 3.39. The molecule has 2 aromatic carbocycles. The van der Waals surface area contributed by atoms with Crippen LogP contribution in [0.5, 0.6) is 0 Å². The lowest BCUT2D eigenvalue weighted by atomic mass is 10.1. The van der Waals surface area contributed by atoms with E-state index >= 15 is 0 Å². The molecule has 5 rings (SSSR count). The molecule has 0 spiro atoms. The fraction of sp³-hybridized carbons (Fsp3) is 0.0435. The van der Waals surface area contributed by atoms with Crippen LogP contribution in [-0.2, 0) is 6.54 Å². The van der Waals surface area contributed by atoms with E-state index in [1.807, 2.05) is 30.3 Å². The third-order valence-corrected chi connectivity index (χ3v) is 5.80. The van der Waals surface area contributed by atoms with Gasteiger partial charge in [0.25, 0.3) is 0 Å². The Labute approximate surface area is 197 Å². The van der Waals surface area contributed by atoms with Gasteiger partial charge in [-0.25, -0.2) is 9.48 Å². The van der Waals surface area contributed by atoms with Crippen molar-refractivity contribution in [1.29, 1.82) is 5.41 Å². The van der Waals surface area contributed by atoms with Crippen LogP contribution in [0.25, 0.3) is 33.5 Å². The first-order valence-corrected chi connectivity index (χ1v) is 10.7. The molecule has 10 heteroatoms. The molecule has 164 valence electrons. The molecule has 0 radical (unpaired) electrons. The monoisotopic (exact) mass is 477 g/mol. The van der Waals surface area contributed by atoms with Gasteiger partial charge in [-0.3, -0.25) is 4.98 Å². The lowest BCUT2D eigenvalue weighted by Gasteiger charge is -2.13. The van der Waals surface area contributed by atoms with Crippen LogP contribution in [0.2, 0.25) is 10.0 Å². The second kappa shape index (κ2) is 8.57. The van der Waals surface area contributed by atoms with Crippen molar-refractivity contribution in [1.82, 2.24) is 30.0 Å². The maximum atomic E-state index is 11.6. The maximum Gasteiger partial charge on any atom is 0.323 e. The van der Waals surface area contributed by atoms with Crippen molar-refractivity contribution in [2.24, 2.45) is 0 Å². The zero-order valence-corrected chi connectivity index (χ0v) is 18.6. The summed E-state index contributed by atoms with van der Waals surface area (Å²) < 4.78 is 1.76. The Balaban J connectivity index is 1.50. The topological polar surface area (TPSA) is 115 Å². The molecule has 3 aromatic heterocycles. The van der Waals surface area contributed by atoms with E-state index in [9.17, 15) is 4.79 Å². The van der Waals surface area contributed by atoms with Crippen molar-refractivity contribution in [3.8, 4) is 5.69 Å². The van der Waals surface area contributed by atoms with Gasteiger partial charge in [-0.05, 0) is 48.0 Å². The number of nitrogens with zero attached hydrogens (tertiary/aromatic N) is 3. The lowest BCUT2D eigenvalue weighted by molar-refractivity contribution is 0.888. The van der Waals surface area contributed by atoms with Crippen molar-refractivity contribution in [3.05, 3.63) is 92.6 Å². The van der Waals surface area contributed by atoms with Crippen molar-refractivity contribution >= 4 is 57.2 Å². The molecule has 0 amide bonds. The molecule has 8 nitrogen and oxygen atoms in total. The van der Waals surface area contributed by atoms with Gasteiger partial charge in [0, 0.05) is 40.3 Å². The molecule has 0 fully saturated rings. The quantitative estimate of drug-likeness (QED) is 0.265. The van der Waals surface area contributed by atoms with E-state index in [1.165, 1.54) is 6.21 Å². The van der Waals surface area contributed by atoms with Crippen LogP contribution in [0, 0.1) is 5.41 Å². The van der Waals surface area contributed by atoms with E-state index in [4.69, 9.17) is 28.6 Å². The number of halogens is 2. The first kappa shape index (κ1) is 21.0. The van der Waals surface area contributed by atoms with Crippen molar-refractivity contribution in [2.45, 2.75) is 6.54 Å².